The van der Waals surface area contributed by atoms with E-state index in [2.05, 4.69) is 56.7 Å². The number of hydrogen-bond donors (Lipinski definition) is 2. The van der Waals surface area contributed by atoms with Crippen molar-refractivity contribution in [1.82, 2.24) is 30.3 Å². The second kappa shape index (κ2) is 12.0. The molecule has 0 saturated heterocycles. The highest BCUT2D eigenvalue weighted by atomic mass is 16.5. The number of rotatable bonds is 11. The highest BCUT2D eigenvalue weighted by molar-refractivity contribution is 5.79. The number of aliphatic imine (C=N–C) groups is 1. The Balaban J connectivity index is 1.80. The Morgan fingerprint density at radius 2 is 2.04 bits per heavy atom. The van der Waals surface area contributed by atoms with Crippen molar-refractivity contribution in [3.05, 3.63) is 42.5 Å². The summed E-state index contributed by atoms with van der Waals surface area (Å²) in [5, 5.41) is 10.8. The fourth-order valence-corrected chi connectivity index (χ4v) is 2.56. The first-order chi connectivity index (χ1) is 13.2. The van der Waals surface area contributed by atoms with Crippen molar-refractivity contribution in [1.29, 1.82) is 0 Å². The molecule has 8 heteroatoms. The van der Waals surface area contributed by atoms with Gasteiger partial charge in [-0.2, -0.15) is 5.10 Å². The minimum atomic E-state index is 0.622. The van der Waals surface area contributed by atoms with E-state index in [1.165, 1.54) is 6.33 Å². The third kappa shape index (κ3) is 7.76. The van der Waals surface area contributed by atoms with Crippen LogP contribution in [0.2, 0.25) is 0 Å². The molecule has 0 fully saturated rings. The van der Waals surface area contributed by atoms with Crippen LogP contribution in [0.25, 0.3) is 5.69 Å². The van der Waals surface area contributed by atoms with Crippen molar-refractivity contribution in [2.75, 3.05) is 46.9 Å². The predicted octanol–water partition coefficient (Wildman–Crippen LogP) is 1.29. The van der Waals surface area contributed by atoms with E-state index in [-0.39, 0.29) is 0 Å². The number of nitrogens with zero attached hydrogens (tertiary/aromatic N) is 5. The average molecular weight is 374 g/mol. The molecule has 0 aliphatic rings. The average Bonchev–Trinajstić information content (AvgIpc) is 3.21. The largest absolute Gasteiger partial charge is 0.385 e. The van der Waals surface area contributed by atoms with Crippen LogP contribution < -0.4 is 10.6 Å². The quantitative estimate of drug-likeness (QED) is 0.351. The number of nitrogens with one attached hydrogen (secondary N) is 2. The molecule has 8 nitrogen and oxygen atoms in total. The SMILES string of the molecule is CCNC(=NCc1ccc(-n2cncn2)cc1)NCCN(C)CCCOC. The third-order valence-electron chi connectivity index (χ3n) is 4.06. The summed E-state index contributed by atoms with van der Waals surface area (Å²) in [6.45, 7) is 7.17. The summed E-state index contributed by atoms with van der Waals surface area (Å²) < 4.78 is 6.83. The second-order valence-corrected chi connectivity index (χ2v) is 6.28. The number of methoxy groups -OCH3 is 1. The van der Waals surface area contributed by atoms with Crippen LogP contribution in [0.5, 0.6) is 0 Å². The number of benzene rings is 1. The van der Waals surface area contributed by atoms with E-state index in [4.69, 9.17) is 4.74 Å². The lowest BCUT2D eigenvalue weighted by Crippen LogP contribution is -2.41. The molecule has 0 bridgehead atoms. The molecule has 0 amide bonds. The molecule has 0 aliphatic heterocycles. The first kappa shape index (κ1) is 20.9. The van der Waals surface area contributed by atoms with Crippen LogP contribution in [0.15, 0.2) is 41.9 Å². The zero-order chi connectivity index (χ0) is 19.3. The second-order valence-electron chi connectivity index (χ2n) is 6.28. The van der Waals surface area contributed by atoms with Crippen LogP contribution in [0, 0.1) is 0 Å². The van der Waals surface area contributed by atoms with Gasteiger partial charge in [-0.15, -0.1) is 0 Å². The van der Waals surface area contributed by atoms with E-state index in [1.807, 2.05) is 12.1 Å². The molecule has 0 spiro atoms. The van der Waals surface area contributed by atoms with Crippen molar-refractivity contribution in [2.45, 2.75) is 19.9 Å². The maximum Gasteiger partial charge on any atom is 0.191 e. The Morgan fingerprint density at radius 3 is 2.70 bits per heavy atom. The summed E-state index contributed by atoms with van der Waals surface area (Å²) in [5.41, 5.74) is 2.13. The molecule has 0 saturated carbocycles. The predicted molar refractivity (Wildman–Crippen MR) is 108 cm³/mol. The maximum absolute atomic E-state index is 5.09. The van der Waals surface area contributed by atoms with Crippen LogP contribution >= 0.6 is 0 Å². The molecule has 2 aromatic rings. The molecule has 2 rings (SSSR count). The van der Waals surface area contributed by atoms with Gasteiger partial charge in [-0.05, 0) is 38.1 Å². The van der Waals surface area contributed by atoms with E-state index in [9.17, 15) is 0 Å². The zero-order valence-corrected chi connectivity index (χ0v) is 16.6. The monoisotopic (exact) mass is 373 g/mol. The summed E-state index contributed by atoms with van der Waals surface area (Å²) in [7, 11) is 3.86. The van der Waals surface area contributed by atoms with Crippen molar-refractivity contribution in [2.24, 2.45) is 4.99 Å². The van der Waals surface area contributed by atoms with Crippen LogP contribution in [-0.4, -0.2) is 72.6 Å². The molecule has 0 unspecified atom stereocenters. The number of ether oxygens (including phenoxy) is 1. The Hall–Kier alpha value is -2.45. The van der Waals surface area contributed by atoms with Crippen LogP contribution in [0.4, 0.5) is 0 Å². The van der Waals surface area contributed by atoms with Gasteiger partial charge >= 0.3 is 0 Å². The number of guanidine groups is 1. The van der Waals surface area contributed by atoms with Crippen molar-refractivity contribution in [3.63, 3.8) is 0 Å². The van der Waals surface area contributed by atoms with Crippen molar-refractivity contribution in [3.8, 4) is 5.69 Å². The summed E-state index contributed by atoms with van der Waals surface area (Å²) in [5.74, 6) is 0.836. The summed E-state index contributed by atoms with van der Waals surface area (Å²) in [6, 6.07) is 8.17. The highest BCUT2D eigenvalue weighted by Gasteiger charge is 2.01. The van der Waals surface area contributed by atoms with Crippen molar-refractivity contribution >= 4 is 5.96 Å². The summed E-state index contributed by atoms with van der Waals surface area (Å²) >= 11 is 0. The van der Waals surface area contributed by atoms with Gasteiger partial charge in [-0.25, -0.2) is 14.7 Å². The topological polar surface area (TPSA) is 79.6 Å². The molecule has 1 aromatic heterocycles. The smallest absolute Gasteiger partial charge is 0.191 e. The minimum Gasteiger partial charge on any atom is -0.385 e. The fourth-order valence-electron chi connectivity index (χ4n) is 2.56. The Labute approximate surface area is 161 Å². The van der Waals surface area contributed by atoms with Gasteiger partial charge in [0.2, 0.25) is 0 Å². The van der Waals surface area contributed by atoms with Gasteiger partial charge in [-0.1, -0.05) is 12.1 Å². The van der Waals surface area contributed by atoms with Gasteiger partial charge in [0, 0.05) is 39.9 Å². The van der Waals surface area contributed by atoms with E-state index in [1.54, 1.807) is 18.1 Å². The number of hydrogen-bond acceptors (Lipinski definition) is 5. The molecule has 1 aromatic carbocycles. The molecule has 0 radical (unpaired) electrons. The molecule has 2 N–H and O–H groups in total. The standard InChI is InChI=1S/C19H31N7O/c1-4-21-19(22-10-12-25(2)11-5-13-27-3)23-14-17-6-8-18(9-7-17)26-16-20-15-24-26/h6-9,15-16H,4-5,10-14H2,1-3H3,(H2,21,22,23). The van der Waals surface area contributed by atoms with Gasteiger partial charge in [0.1, 0.15) is 12.7 Å². The minimum absolute atomic E-state index is 0.622. The highest BCUT2D eigenvalue weighted by Crippen LogP contribution is 2.08. The number of likely N-dealkylation sites (N-methyl/N-ethyl adjacent to an activating group) is 1. The Kier molecular flexibility index (Phi) is 9.29. The van der Waals surface area contributed by atoms with Crippen molar-refractivity contribution < 1.29 is 4.74 Å². The first-order valence-corrected chi connectivity index (χ1v) is 9.36. The lowest BCUT2D eigenvalue weighted by atomic mass is 10.2. The molecule has 148 valence electrons. The zero-order valence-electron chi connectivity index (χ0n) is 16.6. The van der Waals surface area contributed by atoms with Gasteiger partial charge in [-0.3, -0.25) is 0 Å². The van der Waals surface area contributed by atoms with Gasteiger partial charge in [0.15, 0.2) is 5.96 Å². The summed E-state index contributed by atoms with van der Waals surface area (Å²) in [6.07, 6.45) is 4.26. The maximum atomic E-state index is 5.09. The first-order valence-electron chi connectivity index (χ1n) is 9.36. The fraction of sp³-hybridized carbons (Fsp3) is 0.526. The Morgan fingerprint density at radius 1 is 1.22 bits per heavy atom. The van der Waals surface area contributed by atoms with Gasteiger partial charge in [0.25, 0.3) is 0 Å². The molecule has 0 aliphatic carbocycles. The van der Waals surface area contributed by atoms with E-state index >= 15 is 0 Å². The molecular formula is C19H31N7O. The third-order valence-corrected chi connectivity index (χ3v) is 4.06. The molecule has 27 heavy (non-hydrogen) atoms. The lowest BCUT2D eigenvalue weighted by Gasteiger charge is -2.18. The van der Waals surface area contributed by atoms with Gasteiger partial charge < -0.3 is 20.3 Å². The molecular weight excluding hydrogens is 342 g/mol. The lowest BCUT2D eigenvalue weighted by molar-refractivity contribution is 0.180. The van der Waals surface area contributed by atoms with Crippen LogP contribution in [0.1, 0.15) is 18.9 Å². The van der Waals surface area contributed by atoms with E-state index in [0.717, 1.165) is 56.4 Å². The number of aromatic nitrogens is 3. The van der Waals surface area contributed by atoms with E-state index < -0.39 is 0 Å². The van der Waals surface area contributed by atoms with E-state index in [0.29, 0.717) is 6.54 Å². The van der Waals surface area contributed by atoms with Crippen LogP contribution in [0.3, 0.4) is 0 Å². The van der Waals surface area contributed by atoms with Gasteiger partial charge in [0.05, 0.1) is 12.2 Å². The molecule has 0 atom stereocenters. The van der Waals surface area contributed by atoms with Crippen LogP contribution in [-0.2, 0) is 11.3 Å². The summed E-state index contributed by atoms with van der Waals surface area (Å²) in [4.78, 5) is 10.9. The normalized spacial score (nSPS) is 11.8. The Bertz CT molecular complexity index is 655. The molecule has 1 heterocycles.